The van der Waals surface area contributed by atoms with Crippen LogP contribution < -0.4 is 15.4 Å². The van der Waals surface area contributed by atoms with Crippen LogP contribution in [0.25, 0.3) is 0 Å². The molecule has 0 radical (unpaired) electrons. The van der Waals surface area contributed by atoms with E-state index in [0.717, 1.165) is 0 Å². The third kappa shape index (κ3) is 5.78. The van der Waals surface area contributed by atoms with Gasteiger partial charge in [-0.15, -0.1) is 13.2 Å². The first kappa shape index (κ1) is 17.1. The van der Waals surface area contributed by atoms with Gasteiger partial charge in [-0.2, -0.15) is 0 Å². The Morgan fingerprint density at radius 2 is 2.09 bits per heavy atom. The number of carbonyl (C=O) groups is 2. The lowest BCUT2D eigenvalue weighted by atomic mass is 10.2. The van der Waals surface area contributed by atoms with Crippen molar-refractivity contribution >= 4 is 11.8 Å². The van der Waals surface area contributed by atoms with Crippen LogP contribution in [0.3, 0.4) is 0 Å². The zero-order valence-corrected chi connectivity index (χ0v) is 12.2. The summed E-state index contributed by atoms with van der Waals surface area (Å²) < 4.78 is 40.8. The van der Waals surface area contributed by atoms with E-state index in [0.29, 0.717) is 13.1 Å². The van der Waals surface area contributed by atoms with E-state index >= 15 is 0 Å². The van der Waals surface area contributed by atoms with E-state index < -0.39 is 6.36 Å². The van der Waals surface area contributed by atoms with E-state index in [1.54, 1.807) is 11.0 Å². The maximum Gasteiger partial charge on any atom is 0.573 e. The molecule has 1 aromatic rings. The largest absolute Gasteiger partial charge is 0.573 e. The Kier molecular flexibility index (Phi) is 5.43. The van der Waals surface area contributed by atoms with Crippen LogP contribution in [0.15, 0.2) is 24.3 Å². The SMILES string of the molecule is O=C1CN(CC(=O)NCc2ccccc2OC(F)(F)F)CCN1. The third-order valence-corrected chi connectivity index (χ3v) is 3.16. The first-order valence-electron chi connectivity index (χ1n) is 6.93. The van der Waals surface area contributed by atoms with E-state index in [-0.39, 0.29) is 42.8 Å². The highest BCUT2D eigenvalue weighted by Crippen LogP contribution is 2.25. The number of hydrogen-bond donors (Lipinski definition) is 2. The highest BCUT2D eigenvalue weighted by atomic mass is 19.4. The number of ether oxygens (including phenoxy) is 1. The molecule has 0 aliphatic carbocycles. The molecule has 1 fully saturated rings. The van der Waals surface area contributed by atoms with E-state index in [4.69, 9.17) is 0 Å². The van der Waals surface area contributed by atoms with Crippen molar-refractivity contribution in [1.82, 2.24) is 15.5 Å². The maximum atomic E-state index is 12.3. The van der Waals surface area contributed by atoms with Crippen molar-refractivity contribution in [1.29, 1.82) is 0 Å². The monoisotopic (exact) mass is 331 g/mol. The highest BCUT2D eigenvalue weighted by molar-refractivity contribution is 5.81. The fraction of sp³-hybridized carbons (Fsp3) is 0.429. The number of alkyl halides is 3. The zero-order chi connectivity index (χ0) is 16.9. The molecule has 6 nitrogen and oxygen atoms in total. The van der Waals surface area contributed by atoms with Gasteiger partial charge in [-0.1, -0.05) is 18.2 Å². The molecule has 2 N–H and O–H groups in total. The standard InChI is InChI=1S/C14H16F3N3O3/c15-14(16,17)23-11-4-2-1-3-10(11)7-19-13(22)9-20-6-5-18-12(21)8-20/h1-4H,5-9H2,(H,18,21)(H,19,22). The summed E-state index contributed by atoms with van der Waals surface area (Å²) in [6, 6.07) is 5.60. The van der Waals surface area contributed by atoms with E-state index in [2.05, 4.69) is 15.4 Å². The third-order valence-electron chi connectivity index (χ3n) is 3.16. The molecule has 1 heterocycles. The summed E-state index contributed by atoms with van der Waals surface area (Å²) in [7, 11) is 0. The molecule has 0 bridgehead atoms. The molecule has 126 valence electrons. The van der Waals surface area contributed by atoms with E-state index in [1.165, 1.54) is 18.2 Å². The molecule has 23 heavy (non-hydrogen) atoms. The number of nitrogens with one attached hydrogen (secondary N) is 2. The van der Waals surface area contributed by atoms with Crippen molar-refractivity contribution in [3.8, 4) is 5.75 Å². The van der Waals surface area contributed by atoms with Crippen LogP contribution in [0.2, 0.25) is 0 Å². The normalized spacial score (nSPS) is 15.9. The maximum absolute atomic E-state index is 12.3. The summed E-state index contributed by atoms with van der Waals surface area (Å²) in [5.41, 5.74) is 0.217. The molecule has 0 spiro atoms. The van der Waals surface area contributed by atoms with Gasteiger partial charge in [0.15, 0.2) is 0 Å². The molecule has 0 saturated carbocycles. The van der Waals surface area contributed by atoms with Crippen molar-refractivity contribution in [3.63, 3.8) is 0 Å². The Bertz CT molecular complexity index is 578. The lowest BCUT2D eigenvalue weighted by Crippen LogP contribution is -2.50. The molecule has 0 unspecified atom stereocenters. The number of rotatable bonds is 5. The lowest BCUT2D eigenvalue weighted by molar-refractivity contribution is -0.274. The van der Waals surface area contributed by atoms with Crippen LogP contribution in [0.1, 0.15) is 5.56 Å². The van der Waals surface area contributed by atoms with Crippen molar-refractivity contribution in [2.45, 2.75) is 12.9 Å². The van der Waals surface area contributed by atoms with Gasteiger partial charge in [0.25, 0.3) is 0 Å². The highest BCUT2D eigenvalue weighted by Gasteiger charge is 2.32. The van der Waals surface area contributed by atoms with Crippen LogP contribution in [-0.4, -0.2) is 49.3 Å². The van der Waals surface area contributed by atoms with Crippen molar-refractivity contribution in [2.75, 3.05) is 26.2 Å². The number of carbonyl (C=O) groups excluding carboxylic acids is 2. The molecule has 1 aromatic carbocycles. The Balaban J connectivity index is 1.88. The van der Waals surface area contributed by atoms with Crippen LogP contribution in [0.5, 0.6) is 5.75 Å². The van der Waals surface area contributed by atoms with Crippen molar-refractivity contribution in [3.05, 3.63) is 29.8 Å². The number of para-hydroxylation sites is 1. The summed E-state index contributed by atoms with van der Waals surface area (Å²) in [4.78, 5) is 24.7. The molecule has 0 atom stereocenters. The van der Waals surface area contributed by atoms with Crippen LogP contribution >= 0.6 is 0 Å². The van der Waals surface area contributed by atoms with Gasteiger partial charge in [0, 0.05) is 25.2 Å². The predicted octanol–water partition coefficient (Wildman–Crippen LogP) is 0.633. The van der Waals surface area contributed by atoms with E-state index in [9.17, 15) is 22.8 Å². The summed E-state index contributed by atoms with van der Waals surface area (Å²) in [5, 5.41) is 5.16. The first-order chi connectivity index (χ1) is 10.8. The number of piperazine rings is 1. The average molecular weight is 331 g/mol. The number of benzene rings is 1. The first-order valence-corrected chi connectivity index (χ1v) is 6.93. The van der Waals surface area contributed by atoms with Crippen LogP contribution in [-0.2, 0) is 16.1 Å². The van der Waals surface area contributed by atoms with Gasteiger partial charge >= 0.3 is 6.36 Å². The Morgan fingerprint density at radius 3 is 2.78 bits per heavy atom. The Labute approximate surface area is 130 Å². The van der Waals surface area contributed by atoms with Gasteiger partial charge in [0.2, 0.25) is 11.8 Å². The Morgan fingerprint density at radius 1 is 1.35 bits per heavy atom. The quantitative estimate of drug-likeness (QED) is 0.830. The number of amides is 2. The zero-order valence-electron chi connectivity index (χ0n) is 12.2. The van der Waals surface area contributed by atoms with Gasteiger partial charge in [-0.25, -0.2) is 0 Å². The van der Waals surface area contributed by atoms with Gasteiger partial charge in [0.1, 0.15) is 5.75 Å². The molecule has 1 aliphatic rings. The Hall–Kier alpha value is -2.29. The smallest absolute Gasteiger partial charge is 0.405 e. The average Bonchev–Trinajstić information content (AvgIpc) is 2.45. The molecule has 0 aromatic heterocycles. The summed E-state index contributed by atoms with van der Waals surface area (Å²) in [6.07, 6.45) is -4.79. The molecular weight excluding hydrogens is 315 g/mol. The van der Waals surface area contributed by atoms with E-state index in [1.807, 2.05) is 0 Å². The minimum Gasteiger partial charge on any atom is -0.405 e. The lowest BCUT2D eigenvalue weighted by Gasteiger charge is -2.25. The predicted molar refractivity (Wildman–Crippen MR) is 74.4 cm³/mol. The fourth-order valence-electron chi connectivity index (χ4n) is 2.15. The second kappa shape index (κ2) is 7.32. The summed E-state index contributed by atoms with van der Waals surface area (Å²) in [6.45, 7) is 1.06. The second-order valence-corrected chi connectivity index (χ2v) is 4.99. The number of halogens is 3. The number of hydrogen-bond acceptors (Lipinski definition) is 4. The topological polar surface area (TPSA) is 70.7 Å². The molecule has 2 rings (SSSR count). The minimum absolute atomic E-state index is 0.00964. The molecule has 9 heteroatoms. The molecule has 2 amide bonds. The van der Waals surface area contributed by atoms with Gasteiger partial charge in [-0.05, 0) is 6.07 Å². The second-order valence-electron chi connectivity index (χ2n) is 4.99. The van der Waals surface area contributed by atoms with Crippen molar-refractivity contribution in [2.24, 2.45) is 0 Å². The van der Waals surface area contributed by atoms with Crippen molar-refractivity contribution < 1.29 is 27.5 Å². The molecule has 1 saturated heterocycles. The molecular formula is C14H16F3N3O3. The van der Waals surface area contributed by atoms with Gasteiger partial charge < -0.3 is 15.4 Å². The van der Waals surface area contributed by atoms with Crippen LogP contribution in [0, 0.1) is 0 Å². The van der Waals surface area contributed by atoms with Gasteiger partial charge in [-0.3, -0.25) is 14.5 Å². The number of nitrogens with zero attached hydrogens (tertiary/aromatic N) is 1. The minimum atomic E-state index is -4.79. The molecule has 1 aliphatic heterocycles. The van der Waals surface area contributed by atoms with Gasteiger partial charge in [0.05, 0.1) is 13.1 Å². The summed E-state index contributed by atoms with van der Waals surface area (Å²) >= 11 is 0. The van der Waals surface area contributed by atoms with Crippen LogP contribution in [0.4, 0.5) is 13.2 Å². The summed E-state index contributed by atoms with van der Waals surface area (Å²) in [5.74, 6) is -0.882. The fourth-order valence-corrected chi connectivity index (χ4v) is 2.15.